The lowest BCUT2D eigenvalue weighted by Crippen LogP contribution is -2.39. The summed E-state index contributed by atoms with van der Waals surface area (Å²) in [5, 5.41) is 8.51. The summed E-state index contributed by atoms with van der Waals surface area (Å²) in [7, 11) is 5.54. The van der Waals surface area contributed by atoms with Gasteiger partial charge in [-0.2, -0.15) is 0 Å². The fourth-order valence-corrected chi connectivity index (χ4v) is 4.59. The molecule has 1 unspecified atom stereocenters. The zero-order valence-corrected chi connectivity index (χ0v) is 20.2. The van der Waals surface area contributed by atoms with E-state index in [1.807, 2.05) is 32.6 Å². The zero-order valence-electron chi connectivity index (χ0n) is 15.5. The van der Waals surface area contributed by atoms with Gasteiger partial charge in [-0.1, -0.05) is 11.8 Å². The molecular weight excluding hydrogens is 501 g/mol. The molecule has 2 aromatic rings. The number of rotatable bonds is 9. The number of thioether (sulfide) groups is 1. The van der Waals surface area contributed by atoms with Crippen LogP contribution in [0.4, 0.5) is 0 Å². The lowest BCUT2D eigenvalue weighted by Gasteiger charge is -2.21. The zero-order chi connectivity index (χ0) is 18.1. The molecule has 1 atom stereocenters. The summed E-state index contributed by atoms with van der Waals surface area (Å²) in [6.07, 6.45) is 2.94. The van der Waals surface area contributed by atoms with Gasteiger partial charge in [0.15, 0.2) is 5.96 Å². The van der Waals surface area contributed by atoms with Gasteiger partial charge in [0.25, 0.3) is 0 Å². The summed E-state index contributed by atoms with van der Waals surface area (Å²) in [6.45, 7) is 3.62. The molecule has 1 N–H and O–H groups in total. The van der Waals surface area contributed by atoms with E-state index in [9.17, 15) is 0 Å². The van der Waals surface area contributed by atoms with Crippen LogP contribution in [-0.2, 0) is 11.3 Å². The second-order valence-corrected chi connectivity index (χ2v) is 8.51. The molecule has 0 saturated carbocycles. The molecule has 0 fully saturated rings. The van der Waals surface area contributed by atoms with E-state index < -0.39 is 0 Å². The van der Waals surface area contributed by atoms with Crippen LogP contribution in [0.25, 0.3) is 0 Å². The average molecular weight is 528 g/mol. The molecule has 146 valence electrons. The first-order chi connectivity index (χ1) is 12.1. The molecular formula is C16H26IN5OS3. The predicted octanol–water partition coefficient (Wildman–Crippen LogP) is 4.11. The number of hydrogen-bond donors (Lipinski definition) is 1. The minimum atomic E-state index is 0. The molecule has 6 nitrogen and oxygen atoms in total. The SMILES string of the molecule is CN=C(NCCCSc1nccs1)N(C)Cc1csc(C(C)OC)n1.I. The molecule has 2 rings (SSSR count). The van der Waals surface area contributed by atoms with Crippen molar-refractivity contribution in [1.29, 1.82) is 0 Å². The highest BCUT2D eigenvalue weighted by molar-refractivity contribution is 14.0. The first-order valence-electron chi connectivity index (χ1n) is 8.05. The lowest BCUT2D eigenvalue weighted by molar-refractivity contribution is 0.119. The van der Waals surface area contributed by atoms with Crippen molar-refractivity contribution >= 4 is 64.4 Å². The van der Waals surface area contributed by atoms with E-state index in [0.29, 0.717) is 0 Å². The number of guanidine groups is 1. The molecule has 10 heteroatoms. The molecule has 0 aliphatic heterocycles. The van der Waals surface area contributed by atoms with Gasteiger partial charge in [-0.15, -0.1) is 46.7 Å². The maximum absolute atomic E-state index is 5.32. The van der Waals surface area contributed by atoms with Crippen molar-refractivity contribution < 1.29 is 4.74 Å². The minimum Gasteiger partial charge on any atom is -0.375 e. The third-order valence-corrected chi connectivity index (χ3v) is 6.59. The van der Waals surface area contributed by atoms with E-state index in [1.54, 1.807) is 41.5 Å². The average Bonchev–Trinajstić information content (AvgIpc) is 3.29. The summed E-state index contributed by atoms with van der Waals surface area (Å²) in [5.41, 5.74) is 1.04. The van der Waals surface area contributed by atoms with Gasteiger partial charge in [0, 0.05) is 50.5 Å². The number of ether oxygens (including phenoxy) is 1. The van der Waals surface area contributed by atoms with Gasteiger partial charge >= 0.3 is 0 Å². The van der Waals surface area contributed by atoms with Crippen molar-refractivity contribution in [2.75, 3.05) is 33.5 Å². The van der Waals surface area contributed by atoms with Gasteiger partial charge in [-0.05, 0) is 13.3 Å². The number of thiazole rings is 2. The molecule has 26 heavy (non-hydrogen) atoms. The number of nitrogens with zero attached hydrogens (tertiary/aromatic N) is 4. The van der Waals surface area contributed by atoms with Crippen LogP contribution >= 0.6 is 58.4 Å². The lowest BCUT2D eigenvalue weighted by atomic mass is 10.4. The quantitative estimate of drug-likeness (QED) is 0.174. The molecule has 0 spiro atoms. The maximum atomic E-state index is 5.32. The highest BCUT2D eigenvalue weighted by atomic mass is 127. The summed E-state index contributed by atoms with van der Waals surface area (Å²) in [4.78, 5) is 15.4. The highest BCUT2D eigenvalue weighted by Gasteiger charge is 2.12. The Bertz CT molecular complexity index is 650. The molecule has 0 amide bonds. The molecule has 2 heterocycles. The standard InChI is InChI=1S/C16H25N5OS3.HI/c1-12(22-4)14-20-13(11-25-14)10-21(3)15(17-2)18-6-5-8-23-16-19-7-9-24-16;/h7,9,11-12H,5-6,8,10H2,1-4H3,(H,17,18);1H. The second-order valence-electron chi connectivity index (χ2n) is 5.39. The van der Waals surface area contributed by atoms with Gasteiger partial charge in [0.1, 0.15) is 15.5 Å². The number of nitrogens with one attached hydrogen (secondary N) is 1. The topological polar surface area (TPSA) is 62.6 Å². The number of aliphatic imine (C=N–C) groups is 1. The Morgan fingerprint density at radius 3 is 2.92 bits per heavy atom. The van der Waals surface area contributed by atoms with Crippen molar-refractivity contribution in [2.45, 2.75) is 30.3 Å². The Kier molecular flexibility index (Phi) is 11.7. The Morgan fingerprint density at radius 2 is 2.27 bits per heavy atom. The van der Waals surface area contributed by atoms with E-state index in [1.165, 1.54) is 0 Å². The third-order valence-electron chi connectivity index (χ3n) is 3.48. The number of aromatic nitrogens is 2. The van der Waals surface area contributed by atoms with Crippen molar-refractivity contribution in [3.63, 3.8) is 0 Å². The van der Waals surface area contributed by atoms with E-state index >= 15 is 0 Å². The highest BCUT2D eigenvalue weighted by Crippen LogP contribution is 2.21. The Morgan fingerprint density at radius 1 is 1.46 bits per heavy atom. The fourth-order valence-electron chi connectivity index (χ4n) is 2.10. The normalized spacial score (nSPS) is 12.5. The molecule has 0 aliphatic carbocycles. The fraction of sp³-hybridized carbons (Fsp3) is 0.562. The van der Waals surface area contributed by atoms with Crippen LogP contribution < -0.4 is 5.32 Å². The van der Waals surface area contributed by atoms with Gasteiger partial charge in [-0.3, -0.25) is 4.99 Å². The third kappa shape index (κ3) is 7.67. The van der Waals surface area contributed by atoms with Gasteiger partial charge in [0.2, 0.25) is 0 Å². The van der Waals surface area contributed by atoms with Crippen molar-refractivity contribution in [2.24, 2.45) is 4.99 Å². The molecule has 0 saturated heterocycles. The van der Waals surface area contributed by atoms with Crippen LogP contribution in [0.3, 0.4) is 0 Å². The predicted molar refractivity (Wildman–Crippen MR) is 123 cm³/mol. The smallest absolute Gasteiger partial charge is 0.193 e. The Balaban J connectivity index is 0.00000338. The first kappa shape index (κ1) is 23.6. The van der Waals surface area contributed by atoms with Gasteiger partial charge in [-0.25, -0.2) is 9.97 Å². The monoisotopic (exact) mass is 527 g/mol. The first-order valence-corrected chi connectivity index (χ1v) is 10.8. The molecule has 2 aromatic heterocycles. The summed E-state index contributed by atoms with van der Waals surface area (Å²) in [5.74, 6) is 1.93. The van der Waals surface area contributed by atoms with E-state index in [2.05, 4.69) is 30.6 Å². The Hall–Kier alpha value is -0.430. The van der Waals surface area contributed by atoms with E-state index in [4.69, 9.17) is 4.74 Å². The van der Waals surface area contributed by atoms with Crippen molar-refractivity contribution in [1.82, 2.24) is 20.2 Å². The largest absolute Gasteiger partial charge is 0.375 e. The molecule has 0 aromatic carbocycles. The van der Waals surface area contributed by atoms with Crippen LogP contribution in [0.1, 0.15) is 30.2 Å². The number of methoxy groups -OCH3 is 1. The van der Waals surface area contributed by atoms with Crippen LogP contribution in [0.15, 0.2) is 26.3 Å². The van der Waals surface area contributed by atoms with E-state index in [-0.39, 0.29) is 30.1 Å². The Labute approximate surface area is 184 Å². The maximum Gasteiger partial charge on any atom is 0.193 e. The summed E-state index contributed by atoms with van der Waals surface area (Å²) < 4.78 is 6.45. The van der Waals surface area contributed by atoms with Crippen molar-refractivity contribution in [3.05, 3.63) is 27.7 Å². The van der Waals surface area contributed by atoms with E-state index in [0.717, 1.165) is 46.3 Å². The number of hydrogen-bond acceptors (Lipinski definition) is 7. The van der Waals surface area contributed by atoms with Crippen LogP contribution in [-0.4, -0.2) is 54.3 Å². The van der Waals surface area contributed by atoms with Gasteiger partial charge in [0.05, 0.1) is 12.2 Å². The van der Waals surface area contributed by atoms with Gasteiger partial charge < -0.3 is 15.0 Å². The summed E-state index contributed by atoms with van der Waals surface area (Å²) in [6, 6.07) is 0. The second kappa shape index (κ2) is 12.9. The number of halogens is 1. The van der Waals surface area contributed by atoms with Crippen LogP contribution in [0.2, 0.25) is 0 Å². The summed E-state index contributed by atoms with van der Waals surface area (Å²) >= 11 is 5.12. The van der Waals surface area contributed by atoms with Crippen LogP contribution in [0, 0.1) is 0 Å². The minimum absolute atomic E-state index is 0. The molecule has 0 bridgehead atoms. The van der Waals surface area contributed by atoms with Crippen LogP contribution in [0.5, 0.6) is 0 Å². The molecule has 0 radical (unpaired) electrons. The molecule has 0 aliphatic rings. The van der Waals surface area contributed by atoms with Crippen molar-refractivity contribution in [3.8, 4) is 0 Å².